The van der Waals surface area contributed by atoms with Crippen LogP contribution in [0.3, 0.4) is 0 Å². The van der Waals surface area contributed by atoms with E-state index in [2.05, 4.69) is 6.07 Å². The molecule has 132 valence electrons. The van der Waals surface area contributed by atoms with Gasteiger partial charge in [0.1, 0.15) is 11.6 Å². The first kappa shape index (κ1) is 16.8. The molecule has 0 N–H and O–H groups in total. The number of thiophene rings is 1. The van der Waals surface area contributed by atoms with Gasteiger partial charge in [0.15, 0.2) is 0 Å². The van der Waals surface area contributed by atoms with E-state index in [1.54, 1.807) is 23.5 Å². The molecule has 0 amide bonds. The smallest absolute Gasteiger partial charge is 0.148 e. The van der Waals surface area contributed by atoms with Crippen molar-refractivity contribution < 1.29 is 9.13 Å². The molecule has 1 atom stereocenters. The zero-order valence-corrected chi connectivity index (χ0v) is 15.2. The molecule has 0 bridgehead atoms. The molecule has 1 aliphatic heterocycles. The Morgan fingerprint density at radius 3 is 2.62 bits per heavy atom. The average molecular weight is 366 g/mol. The fourth-order valence-electron chi connectivity index (χ4n) is 3.16. The highest BCUT2D eigenvalue weighted by atomic mass is 32.1. The molecule has 1 aromatic heterocycles. The lowest BCUT2D eigenvalue weighted by Crippen LogP contribution is -2.18. The highest BCUT2D eigenvalue weighted by molar-refractivity contribution is 7.10. The molecule has 3 nitrogen and oxygen atoms in total. The second-order valence-corrected chi connectivity index (χ2v) is 7.01. The first-order valence-electron chi connectivity index (χ1n) is 8.64. The van der Waals surface area contributed by atoms with Crippen molar-refractivity contribution in [3.63, 3.8) is 0 Å². The highest BCUT2D eigenvalue weighted by Gasteiger charge is 2.31. The van der Waals surface area contributed by atoms with Gasteiger partial charge in [0, 0.05) is 11.3 Å². The third kappa shape index (κ3) is 3.22. The van der Waals surface area contributed by atoms with Crippen LogP contribution in [0.1, 0.15) is 29.8 Å². The van der Waals surface area contributed by atoms with Crippen LogP contribution in [0.2, 0.25) is 0 Å². The van der Waals surface area contributed by atoms with Crippen molar-refractivity contribution in [2.24, 2.45) is 5.10 Å². The Morgan fingerprint density at radius 1 is 1.12 bits per heavy atom. The van der Waals surface area contributed by atoms with Crippen molar-refractivity contribution >= 4 is 22.7 Å². The van der Waals surface area contributed by atoms with E-state index in [9.17, 15) is 4.39 Å². The molecular formula is C21H19FN2OS. The number of hydrazone groups is 1. The maximum atomic E-state index is 14.4. The van der Waals surface area contributed by atoms with Crippen LogP contribution in [-0.4, -0.2) is 12.3 Å². The third-order valence-electron chi connectivity index (χ3n) is 4.38. The van der Waals surface area contributed by atoms with Gasteiger partial charge in [0.2, 0.25) is 0 Å². The highest BCUT2D eigenvalue weighted by Crippen LogP contribution is 2.39. The third-order valence-corrected chi connectivity index (χ3v) is 5.35. The van der Waals surface area contributed by atoms with Crippen LogP contribution in [0.15, 0.2) is 71.1 Å². The Balaban J connectivity index is 1.70. The van der Waals surface area contributed by atoms with Gasteiger partial charge in [-0.25, -0.2) is 4.39 Å². The lowest BCUT2D eigenvalue weighted by atomic mass is 10.0. The van der Waals surface area contributed by atoms with Crippen LogP contribution in [0.25, 0.3) is 0 Å². The van der Waals surface area contributed by atoms with E-state index in [0.717, 1.165) is 23.4 Å². The summed E-state index contributed by atoms with van der Waals surface area (Å²) in [4.78, 5) is 1.18. The summed E-state index contributed by atoms with van der Waals surface area (Å²) in [6.07, 6.45) is 0.739. The van der Waals surface area contributed by atoms with Crippen LogP contribution < -0.4 is 9.75 Å². The monoisotopic (exact) mass is 366 g/mol. The van der Waals surface area contributed by atoms with E-state index in [1.807, 2.05) is 53.7 Å². The van der Waals surface area contributed by atoms with Gasteiger partial charge >= 0.3 is 0 Å². The van der Waals surface area contributed by atoms with Crippen molar-refractivity contribution in [1.29, 1.82) is 0 Å². The van der Waals surface area contributed by atoms with Gasteiger partial charge in [-0.2, -0.15) is 5.10 Å². The minimum absolute atomic E-state index is 0.00784. The number of halogens is 1. The van der Waals surface area contributed by atoms with Gasteiger partial charge in [0.25, 0.3) is 0 Å². The average Bonchev–Trinajstić information content (AvgIpc) is 3.33. The van der Waals surface area contributed by atoms with E-state index in [4.69, 9.17) is 9.84 Å². The Bertz CT molecular complexity index is 906. The van der Waals surface area contributed by atoms with Crippen molar-refractivity contribution in [3.05, 3.63) is 82.3 Å². The molecule has 0 radical (unpaired) electrons. The summed E-state index contributed by atoms with van der Waals surface area (Å²) >= 11 is 1.67. The van der Waals surface area contributed by atoms with E-state index in [1.165, 1.54) is 10.9 Å². The zero-order valence-electron chi connectivity index (χ0n) is 14.4. The second kappa shape index (κ2) is 7.30. The minimum atomic E-state index is -0.259. The molecule has 3 aromatic rings. The van der Waals surface area contributed by atoms with Crippen molar-refractivity contribution in [2.75, 3.05) is 11.6 Å². The second-order valence-electron chi connectivity index (χ2n) is 6.04. The predicted octanol–water partition coefficient (Wildman–Crippen LogP) is 5.64. The molecule has 0 unspecified atom stereocenters. The van der Waals surface area contributed by atoms with Gasteiger partial charge in [-0.05, 0) is 60.3 Å². The van der Waals surface area contributed by atoms with Crippen LogP contribution in [0.4, 0.5) is 10.1 Å². The number of hydrogen-bond acceptors (Lipinski definition) is 4. The molecule has 0 aliphatic carbocycles. The van der Waals surface area contributed by atoms with Crippen molar-refractivity contribution in [1.82, 2.24) is 0 Å². The fraction of sp³-hybridized carbons (Fsp3) is 0.190. The van der Waals surface area contributed by atoms with Crippen molar-refractivity contribution in [2.45, 2.75) is 19.4 Å². The number of ether oxygens (including phenoxy) is 1. The van der Waals surface area contributed by atoms with Crippen LogP contribution in [-0.2, 0) is 0 Å². The maximum Gasteiger partial charge on any atom is 0.148 e. The van der Waals surface area contributed by atoms with Gasteiger partial charge in [0.05, 0.1) is 24.0 Å². The van der Waals surface area contributed by atoms with E-state index in [-0.39, 0.29) is 11.9 Å². The molecule has 1 aliphatic rings. The fourth-order valence-corrected chi connectivity index (χ4v) is 3.97. The van der Waals surface area contributed by atoms with E-state index >= 15 is 0 Å². The summed E-state index contributed by atoms with van der Waals surface area (Å²) in [5.41, 5.74) is 2.50. The predicted molar refractivity (Wildman–Crippen MR) is 105 cm³/mol. The molecule has 2 heterocycles. The van der Waals surface area contributed by atoms with Gasteiger partial charge in [-0.15, -0.1) is 11.3 Å². The SMILES string of the molecule is CCOc1ccc(C2=NN(c3ccccc3F)[C@@H](c3cccs3)C2)cc1. The number of rotatable bonds is 5. The lowest BCUT2D eigenvalue weighted by molar-refractivity contribution is 0.340. The standard InChI is InChI=1S/C21H19FN2OS/c1-2-25-16-11-9-15(10-12-16)18-14-20(21-8-5-13-26-21)24(23-18)19-7-4-3-6-17(19)22/h3-13,20H,2,14H2,1H3/t20-/m1/s1. The molecular weight excluding hydrogens is 347 g/mol. The normalized spacial score (nSPS) is 16.6. The van der Waals surface area contributed by atoms with Crippen LogP contribution in [0, 0.1) is 5.82 Å². The molecule has 26 heavy (non-hydrogen) atoms. The summed E-state index contributed by atoms with van der Waals surface area (Å²) in [5.74, 6) is 0.585. The minimum Gasteiger partial charge on any atom is -0.494 e. The molecule has 0 spiro atoms. The van der Waals surface area contributed by atoms with Gasteiger partial charge in [-0.1, -0.05) is 18.2 Å². The zero-order chi connectivity index (χ0) is 17.9. The Kier molecular flexibility index (Phi) is 4.71. The quantitative estimate of drug-likeness (QED) is 0.583. The number of nitrogens with zero attached hydrogens (tertiary/aromatic N) is 2. The number of anilines is 1. The van der Waals surface area contributed by atoms with Crippen LogP contribution >= 0.6 is 11.3 Å². The molecule has 0 saturated heterocycles. The number of hydrogen-bond donors (Lipinski definition) is 0. The van der Waals surface area contributed by atoms with E-state index in [0.29, 0.717) is 12.3 Å². The first-order chi connectivity index (χ1) is 12.8. The largest absolute Gasteiger partial charge is 0.494 e. The van der Waals surface area contributed by atoms with Gasteiger partial charge in [-0.3, -0.25) is 5.01 Å². The Hall–Kier alpha value is -2.66. The van der Waals surface area contributed by atoms with Crippen molar-refractivity contribution in [3.8, 4) is 5.75 Å². The maximum absolute atomic E-state index is 14.4. The molecule has 0 fully saturated rings. The summed E-state index contributed by atoms with van der Waals surface area (Å²) in [5, 5.41) is 8.64. The molecule has 2 aromatic carbocycles. The summed E-state index contributed by atoms with van der Waals surface area (Å²) in [7, 11) is 0. The summed E-state index contributed by atoms with van der Waals surface area (Å²) in [6.45, 7) is 2.61. The molecule has 4 rings (SSSR count). The lowest BCUT2D eigenvalue weighted by Gasteiger charge is -2.22. The number of benzene rings is 2. The topological polar surface area (TPSA) is 24.8 Å². The first-order valence-corrected chi connectivity index (χ1v) is 9.52. The Morgan fingerprint density at radius 2 is 1.92 bits per heavy atom. The number of para-hydroxylation sites is 1. The summed E-state index contributed by atoms with van der Waals surface area (Å²) < 4.78 is 19.9. The van der Waals surface area contributed by atoms with Gasteiger partial charge < -0.3 is 4.74 Å². The summed E-state index contributed by atoms with van der Waals surface area (Å²) in [6, 6.07) is 18.8. The Labute approximate surface area is 156 Å². The molecule has 0 saturated carbocycles. The van der Waals surface area contributed by atoms with E-state index < -0.39 is 0 Å². The molecule has 5 heteroatoms. The van der Waals surface area contributed by atoms with Crippen LogP contribution in [0.5, 0.6) is 5.75 Å².